The van der Waals surface area contributed by atoms with Gasteiger partial charge in [-0.3, -0.25) is 14.7 Å². The molecule has 2 aromatic rings. The van der Waals surface area contributed by atoms with Gasteiger partial charge in [-0.05, 0) is 49.3 Å². The minimum atomic E-state index is -4.71. The summed E-state index contributed by atoms with van der Waals surface area (Å²) in [7, 11) is 0. The van der Waals surface area contributed by atoms with Crippen LogP contribution >= 0.6 is 0 Å². The topological polar surface area (TPSA) is 83.0 Å². The first kappa shape index (κ1) is 23.7. The van der Waals surface area contributed by atoms with Gasteiger partial charge in [0.25, 0.3) is 0 Å². The number of aromatic nitrogens is 1. The molecule has 2 atom stereocenters. The number of amides is 1. The van der Waals surface area contributed by atoms with Crippen LogP contribution in [0, 0.1) is 24.2 Å². The number of rotatable bonds is 8. The van der Waals surface area contributed by atoms with Crippen molar-refractivity contribution in [2.75, 3.05) is 0 Å². The summed E-state index contributed by atoms with van der Waals surface area (Å²) in [5.41, 5.74) is 6.48. The van der Waals surface area contributed by atoms with Crippen molar-refractivity contribution in [2.24, 2.45) is 11.7 Å². The quantitative estimate of drug-likeness (QED) is 0.627. The van der Waals surface area contributed by atoms with Crippen LogP contribution in [0.1, 0.15) is 50.3 Å². The van der Waals surface area contributed by atoms with Gasteiger partial charge in [0.1, 0.15) is 11.6 Å². The van der Waals surface area contributed by atoms with Gasteiger partial charge in [0.05, 0.1) is 17.8 Å². The summed E-state index contributed by atoms with van der Waals surface area (Å²) in [5.74, 6) is -0.927. The highest BCUT2D eigenvalue weighted by atomic mass is 19.4. The third-order valence-corrected chi connectivity index (χ3v) is 5.81. The summed E-state index contributed by atoms with van der Waals surface area (Å²) in [6, 6.07) is 8.33. The zero-order chi connectivity index (χ0) is 23.7. The van der Waals surface area contributed by atoms with Crippen LogP contribution in [0.4, 0.5) is 13.2 Å². The van der Waals surface area contributed by atoms with E-state index in [9.17, 15) is 23.2 Å². The minimum absolute atomic E-state index is 0.0371. The fourth-order valence-electron chi connectivity index (χ4n) is 4.07. The van der Waals surface area contributed by atoms with Crippen molar-refractivity contribution in [3.63, 3.8) is 0 Å². The molecule has 1 aromatic carbocycles. The van der Waals surface area contributed by atoms with Gasteiger partial charge in [0.2, 0.25) is 5.91 Å². The number of nitrogens with zero attached hydrogens (tertiary/aromatic N) is 3. The Labute approximate surface area is 186 Å². The summed E-state index contributed by atoms with van der Waals surface area (Å²) in [4.78, 5) is 17.6. The maximum Gasteiger partial charge on any atom is 0.408 e. The molecule has 0 bridgehead atoms. The predicted molar refractivity (Wildman–Crippen MR) is 115 cm³/mol. The van der Waals surface area contributed by atoms with Gasteiger partial charge in [-0.25, -0.2) is 0 Å². The van der Waals surface area contributed by atoms with Crippen molar-refractivity contribution in [1.82, 2.24) is 9.88 Å². The van der Waals surface area contributed by atoms with Gasteiger partial charge in [0, 0.05) is 11.8 Å². The average molecular weight is 445 g/mol. The van der Waals surface area contributed by atoms with Crippen LogP contribution in [-0.2, 0) is 4.79 Å². The largest absolute Gasteiger partial charge is 0.408 e. The van der Waals surface area contributed by atoms with Gasteiger partial charge >= 0.3 is 6.18 Å². The van der Waals surface area contributed by atoms with Crippen molar-refractivity contribution in [3.8, 4) is 17.3 Å². The zero-order valence-electron chi connectivity index (χ0n) is 18.4. The number of aryl methyl sites for hydroxylation is 1. The second kappa shape index (κ2) is 8.91. The van der Waals surface area contributed by atoms with E-state index in [0.717, 1.165) is 10.5 Å². The maximum absolute atomic E-state index is 14.5. The highest BCUT2D eigenvalue weighted by Gasteiger charge is 2.60. The van der Waals surface area contributed by atoms with Crippen molar-refractivity contribution < 1.29 is 18.0 Å². The zero-order valence-corrected chi connectivity index (χ0v) is 18.4. The van der Waals surface area contributed by atoms with E-state index in [4.69, 9.17) is 5.73 Å². The monoisotopic (exact) mass is 444 g/mol. The van der Waals surface area contributed by atoms with Gasteiger partial charge < -0.3 is 5.73 Å². The number of halogens is 3. The normalized spacial score (nSPS) is 17.1. The molecule has 0 saturated heterocycles. The molecule has 170 valence electrons. The SMILES string of the molecule is Cc1ccc(-c2ccc([C@H](N([C@@H](CC(C)C)C(N)=O)C3(C#N)CC3)C(F)(F)F)cc2)nc1. The molecule has 2 N–H and O–H groups in total. The van der Waals surface area contributed by atoms with Crippen LogP contribution in [0.2, 0.25) is 0 Å². The van der Waals surface area contributed by atoms with Crippen LogP contribution in [0.25, 0.3) is 11.3 Å². The van der Waals surface area contributed by atoms with Crippen molar-refractivity contribution in [1.29, 1.82) is 5.26 Å². The highest BCUT2D eigenvalue weighted by molar-refractivity contribution is 5.80. The Hall–Kier alpha value is -2.92. The molecule has 1 aliphatic rings. The van der Waals surface area contributed by atoms with Crippen LogP contribution in [0.3, 0.4) is 0 Å². The van der Waals surface area contributed by atoms with Crippen molar-refractivity contribution in [3.05, 3.63) is 53.7 Å². The number of primary amides is 1. The smallest absolute Gasteiger partial charge is 0.368 e. The Balaban J connectivity index is 2.07. The van der Waals surface area contributed by atoms with Crippen LogP contribution in [0.5, 0.6) is 0 Å². The molecule has 1 fully saturated rings. The standard InChI is InChI=1S/C24H27F3N4O/c1-15(2)12-20(22(29)32)31(23(14-28)10-11-23)21(24(25,26)27)18-7-5-17(6-8-18)19-9-4-16(3)13-30-19/h4-9,13,15,20-21H,10-12H2,1-3H3,(H2,29,32)/t20-,21-/m0/s1. The van der Waals surface area contributed by atoms with E-state index in [1.807, 2.05) is 32.9 Å². The van der Waals surface area contributed by atoms with E-state index in [1.54, 1.807) is 24.4 Å². The van der Waals surface area contributed by atoms with Crippen LogP contribution < -0.4 is 5.73 Å². The van der Waals surface area contributed by atoms with Gasteiger partial charge in [-0.1, -0.05) is 44.2 Å². The summed E-state index contributed by atoms with van der Waals surface area (Å²) in [5, 5.41) is 9.75. The number of hydrogen-bond acceptors (Lipinski definition) is 4. The average Bonchev–Trinajstić information content (AvgIpc) is 3.51. The van der Waals surface area contributed by atoms with E-state index in [0.29, 0.717) is 11.3 Å². The molecule has 1 saturated carbocycles. The molecule has 0 radical (unpaired) electrons. The Morgan fingerprint density at radius 3 is 2.25 bits per heavy atom. The van der Waals surface area contributed by atoms with E-state index < -0.39 is 29.7 Å². The van der Waals surface area contributed by atoms with Crippen molar-refractivity contribution in [2.45, 2.75) is 63.8 Å². The third kappa shape index (κ3) is 4.94. The fraction of sp³-hybridized carbons (Fsp3) is 0.458. The highest BCUT2D eigenvalue weighted by Crippen LogP contribution is 2.52. The summed E-state index contributed by atoms with van der Waals surface area (Å²) in [6.45, 7) is 5.52. The maximum atomic E-state index is 14.5. The molecular formula is C24H27F3N4O. The van der Waals surface area contributed by atoms with E-state index in [-0.39, 0.29) is 30.7 Å². The molecule has 32 heavy (non-hydrogen) atoms. The van der Waals surface area contributed by atoms with Crippen molar-refractivity contribution >= 4 is 5.91 Å². The first-order valence-corrected chi connectivity index (χ1v) is 10.6. The lowest BCUT2D eigenvalue weighted by Crippen LogP contribution is -2.56. The van der Waals surface area contributed by atoms with E-state index in [1.165, 1.54) is 12.1 Å². The van der Waals surface area contributed by atoms with E-state index in [2.05, 4.69) is 4.98 Å². The van der Waals surface area contributed by atoms with Crippen LogP contribution in [-0.4, -0.2) is 33.5 Å². The Morgan fingerprint density at radius 1 is 1.22 bits per heavy atom. The molecule has 0 spiro atoms. The number of carbonyl (C=O) groups is 1. The van der Waals surface area contributed by atoms with E-state index >= 15 is 0 Å². The molecular weight excluding hydrogens is 417 g/mol. The summed E-state index contributed by atoms with van der Waals surface area (Å²) >= 11 is 0. The third-order valence-electron chi connectivity index (χ3n) is 5.81. The Bertz CT molecular complexity index is 990. The molecule has 5 nitrogen and oxygen atoms in total. The number of alkyl halides is 3. The number of hydrogen-bond donors (Lipinski definition) is 1. The van der Waals surface area contributed by atoms with Crippen LogP contribution in [0.15, 0.2) is 42.6 Å². The minimum Gasteiger partial charge on any atom is -0.368 e. The molecule has 8 heteroatoms. The fourth-order valence-corrected chi connectivity index (χ4v) is 4.07. The number of nitrogens with two attached hydrogens (primary N) is 1. The molecule has 1 aliphatic carbocycles. The lowest BCUT2D eigenvalue weighted by molar-refractivity contribution is -0.200. The first-order valence-electron chi connectivity index (χ1n) is 10.6. The second-order valence-electron chi connectivity index (χ2n) is 8.89. The number of carbonyl (C=O) groups excluding carboxylic acids is 1. The Kier molecular flexibility index (Phi) is 6.61. The summed E-state index contributed by atoms with van der Waals surface area (Å²) < 4.78 is 43.4. The number of pyridine rings is 1. The molecule has 0 aliphatic heterocycles. The molecule has 1 aromatic heterocycles. The van der Waals surface area contributed by atoms with Gasteiger partial charge in [0.15, 0.2) is 0 Å². The first-order chi connectivity index (χ1) is 15.0. The number of nitriles is 1. The molecule has 1 amide bonds. The molecule has 0 unspecified atom stereocenters. The summed E-state index contributed by atoms with van der Waals surface area (Å²) in [6.07, 6.45) is -2.35. The molecule has 3 rings (SSSR count). The van der Waals surface area contributed by atoms with Gasteiger partial charge in [-0.2, -0.15) is 18.4 Å². The lowest BCUT2D eigenvalue weighted by atomic mass is 9.93. The molecule has 1 heterocycles. The van der Waals surface area contributed by atoms with Gasteiger partial charge in [-0.15, -0.1) is 0 Å². The second-order valence-corrected chi connectivity index (χ2v) is 8.89. The number of benzene rings is 1. The Morgan fingerprint density at radius 2 is 1.84 bits per heavy atom. The predicted octanol–water partition coefficient (Wildman–Crippen LogP) is 4.92. The lowest BCUT2D eigenvalue weighted by Gasteiger charge is -2.41.